The smallest absolute Gasteiger partial charge is 0.252 e. The molecule has 3 nitrogen and oxygen atoms in total. The van der Waals surface area contributed by atoms with Crippen molar-refractivity contribution in [2.75, 3.05) is 6.54 Å². The van der Waals surface area contributed by atoms with Gasteiger partial charge in [0.1, 0.15) is 0 Å². The summed E-state index contributed by atoms with van der Waals surface area (Å²) in [4.78, 5) is 12.4. The molecule has 3 N–H and O–H groups in total. The summed E-state index contributed by atoms with van der Waals surface area (Å²) in [5, 5.41) is 2.88. The van der Waals surface area contributed by atoms with Crippen LogP contribution in [-0.4, -0.2) is 17.4 Å². The minimum absolute atomic E-state index is 0.0595. The summed E-state index contributed by atoms with van der Waals surface area (Å²) in [7, 11) is 0. The van der Waals surface area contributed by atoms with Gasteiger partial charge in [0.2, 0.25) is 0 Å². The number of carbonyl (C=O) groups is 1. The number of halogens is 2. The van der Waals surface area contributed by atoms with Gasteiger partial charge >= 0.3 is 0 Å². The molecule has 1 aromatic carbocycles. The van der Waals surface area contributed by atoms with Crippen LogP contribution in [0.1, 0.15) is 29.6 Å². The van der Waals surface area contributed by atoms with Crippen LogP contribution in [0.5, 0.6) is 0 Å². The second kappa shape index (κ2) is 8.06. The van der Waals surface area contributed by atoms with E-state index in [1.54, 1.807) is 0 Å². The lowest BCUT2D eigenvalue weighted by Crippen LogP contribution is -2.25. The van der Waals surface area contributed by atoms with E-state index < -0.39 is 0 Å². The van der Waals surface area contributed by atoms with E-state index in [2.05, 4.69) is 43.8 Å². The predicted molar refractivity (Wildman–Crippen MR) is 89.8 cm³/mol. The highest BCUT2D eigenvalue weighted by molar-refractivity contribution is 14.1. The van der Waals surface area contributed by atoms with Gasteiger partial charge in [0.25, 0.3) is 5.91 Å². The molecular formula is C12H14BrIN2OS. The molecule has 0 bridgehead atoms. The predicted octanol–water partition coefficient (Wildman–Crippen LogP) is 3.24. The van der Waals surface area contributed by atoms with E-state index >= 15 is 0 Å². The van der Waals surface area contributed by atoms with E-state index in [9.17, 15) is 4.79 Å². The largest absolute Gasteiger partial charge is 0.393 e. The highest BCUT2D eigenvalue weighted by Gasteiger charge is 2.09. The molecule has 6 heteroatoms. The summed E-state index contributed by atoms with van der Waals surface area (Å²) in [6.45, 7) is 0.638. The van der Waals surface area contributed by atoms with E-state index in [-0.39, 0.29) is 5.91 Å². The lowest BCUT2D eigenvalue weighted by molar-refractivity contribution is 0.0952. The number of rotatable bonds is 6. The third-order valence-corrected chi connectivity index (χ3v) is 3.88. The normalized spacial score (nSPS) is 10.1. The Balaban J connectivity index is 2.41. The summed E-state index contributed by atoms with van der Waals surface area (Å²) >= 11 is 10.3. The fourth-order valence-corrected chi connectivity index (χ4v) is 2.46. The Morgan fingerprint density at radius 3 is 2.83 bits per heavy atom. The summed E-state index contributed by atoms with van der Waals surface area (Å²) in [6, 6.07) is 5.68. The van der Waals surface area contributed by atoms with Gasteiger partial charge in [0.15, 0.2) is 0 Å². The minimum Gasteiger partial charge on any atom is -0.393 e. The first kappa shape index (κ1) is 15.8. The van der Waals surface area contributed by atoms with Gasteiger partial charge in [-0.3, -0.25) is 4.79 Å². The van der Waals surface area contributed by atoms with Crippen LogP contribution >= 0.6 is 50.7 Å². The molecule has 0 heterocycles. The quantitative estimate of drug-likeness (QED) is 0.405. The van der Waals surface area contributed by atoms with Crippen LogP contribution in [-0.2, 0) is 0 Å². The zero-order valence-corrected chi connectivity index (χ0v) is 14.3. The van der Waals surface area contributed by atoms with Crippen molar-refractivity contribution in [3.05, 3.63) is 31.8 Å². The molecule has 1 amide bonds. The SMILES string of the molecule is NC(=S)CCCCNC(=O)c1cc(I)ccc1Br. The molecule has 0 unspecified atom stereocenters. The first-order valence-electron chi connectivity index (χ1n) is 5.52. The van der Waals surface area contributed by atoms with E-state index in [1.165, 1.54) is 0 Å². The Kier molecular flexibility index (Phi) is 7.10. The lowest BCUT2D eigenvalue weighted by Gasteiger charge is -2.07. The number of hydrogen-bond acceptors (Lipinski definition) is 2. The Morgan fingerprint density at radius 1 is 1.44 bits per heavy atom. The molecule has 0 radical (unpaired) electrons. The van der Waals surface area contributed by atoms with Crippen molar-refractivity contribution in [2.45, 2.75) is 19.3 Å². The average molecular weight is 441 g/mol. The Labute approximate surface area is 134 Å². The lowest BCUT2D eigenvalue weighted by atomic mass is 10.2. The number of thiocarbonyl (C=S) groups is 1. The third-order valence-electron chi connectivity index (χ3n) is 2.31. The molecule has 0 atom stereocenters. The standard InChI is InChI=1S/C12H14BrIN2OS/c13-10-5-4-8(14)7-9(10)12(17)16-6-2-1-3-11(15)18/h4-5,7H,1-3,6H2,(H2,15,18)(H,16,17). The van der Waals surface area contributed by atoms with Crippen LogP contribution in [0.15, 0.2) is 22.7 Å². The molecule has 0 spiro atoms. The molecule has 0 aliphatic heterocycles. The van der Waals surface area contributed by atoms with Gasteiger partial charge in [-0.15, -0.1) is 0 Å². The molecule has 1 rings (SSSR count). The zero-order valence-electron chi connectivity index (χ0n) is 9.71. The maximum atomic E-state index is 11.9. The van der Waals surface area contributed by atoms with Gasteiger partial charge in [0.05, 0.1) is 10.6 Å². The van der Waals surface area contributed by atoms with Gasteiger partial charge in [-0.05, 0) is 76.0 Å². The van der Waals surface area contributed by atoms with E-state index in [1.807, 2.05) is 18.2 Å². The summed E-state index contributed by atoms with van der Waals surface area (Å²) < 4.78 is 1.85. The first-order chi connectivity index (χ1) is 8.50. The molecule has 1 aromatic rings. The highest BCUT2D eigenvalue weighted by atomic mass is 127. The van der Waals surface area contributed by atoms with Gasteiger partial charge in [-0.25, -0.2) is 0 Å². The van der Waals surface area contributed by atoms with Crippen molar-refractivity contribution < 1.29 is 4.79 Å². The van der Waals surface area contributed by atoms with Gasteiger partial charge < -0.3 is 11.1 Å². The Bertz CT molecular complexity index is 454. The maximum Gasteiger partial charge on any atom is 0.252 e. The second-order valence-electron chi connectivity index (χ2n) is 3.80. The number of amides is 1. The molecule has 0 aliphatic carbocycles. The third kappa shape index (κ3) is 5.62. The van der Waals surface area contributed by atoms with Crippen LogP contribution < -0.4 is 11.1 Å². The molecule has 0 fully saturated rings. The monoisotopic (exact) mass is 440 g/mol. The molecule has 0 aliphatic rings. The van der Waals surface area contributed by atoms with Crippen LogP contribution in [0.25, 0.3) is 0 Å². The summed E-state index contributed by atoms with van der Waals surface area (Å²) in [6.07, 6.45) is 2.52. The van der Waals surface area contributed by atoms with Crippen molar-refractivity contribution in [3.63, 3.8) is 0 Å². The summed E-state index contributed by atoms with van der Waals surface area (Å²) in [5.41, 5.74) is 6.06. The van der Waals surface area contributed by atoms with Crippen molar-refractivity contribution >= 4 is 61.6 Å². The molecule has 0 saturated carbocycles. The van der Waals surface area contributed by atoms with Crippen LogP contribution in [0.4, 0.5) is 0 Å². The molecule has 0 saturated heterocycles. The molecule has 18 heavy (non-hydrogen) atoms. The van der Waals surface area contributed by atoms with Crippen LogP contribution in [0.2, 0.25) is 0 Å². The number of hydrogen-bond donors (Lipinski definition) is 2. The average Bonchev–Trinajstić information content (AvgIpc) is 2.31. The van der Waals surface area contributed by atoms with E-state index in [0.717, 1.165) is 27.3 Å². The van der Waals surface area contributed by atoms with Crippen molar-refractivity contribution in [1.29, 1.82) is 0 Å². The fraction of sp³-hybridized carbons (Fsp3) is 0.333. The van der Waals surface area contributed by atoms with Crippen LogP contribution in [0.3, 0.4) is 0 Å². The second-order valence-corrected chi connectivity index (χ2v) is 6.43. The first-order valence-corrected chi connectivity index (χ1v) is 7.80. The van der Waals surface area contributed by atoms with Gasteiger partial charge in [-0.2, -0.15) is 0 Å². The Hall–Kier alpha value is -0.210. The topological polar surface area (TPSA) is 55.1 Å². The molecular weight excluding hydrogens is 427 g/mol. The fourth-order valence-electron chi connectivity index (χ4n) is 1.39. The Morgan fingerprint density at radius 2 is 2.17 bits per heavy atom. The number of nitrogens with two attached hydrogens (primary N) is 1. The number of benzene rings is 1. The van der Waals surface area contributed by atoms with Crippen LogP contribution in [0, 0.1) is 3.57 Å². The molecule has 98 valence electrons. The van der Waals surface area contributed by atoms with Crippen molar-refractivity contribution in [3.8, 4) is 0 Å². The summed E-state index contributed by atoms with van der Waals surface area (Å²) in [5.74, 6) is -0.0595. The van der Waals surface area contributed by atoms with Crippen molar-refractivity contribution in [2.24, 2.45) is 5.73 Å². The van der Waals surface area contributed by atoms with E-state index in [4.69, 9.17) is 18.0 Å². The number of nitrogens with one attached hydrogen (secondary N) is 1. The van der Waals surface area contributed by atoms with Crippen molar-refractivity contribution in [1.82, 2.24) is 5.32 Å². The minimum atomic E-state index is -0.0595. The van der Waals surface area contributed by atoms with Gasteiger partial charge in [0, 0.05) is 14.6 Å². The highest BCUT2D eigenvalue weighted by Crippen LogP contribution is 2.19. The maximum absolute atomic E-state index is 11.9. The van der Waals surface area contributed by atoms with Gasteiger partial charge in [-0.1, -0.05) is 12.2 Å². The zero-order chi connectivity index (χ0) is 13.5. The molecule has 0 aromatic heterocycles. The number of carbonyl (C=O) groups excluding carboxylic acids is 1. The number of unbranched alkanes of at least 4 members (excludes halogenated alkanes) is 1. The van der Waals surface area contributed by atoms with E-state index in [0.29, 0.717) is 17.1 Å².